The highest BCUT2D eigenvalue weighted by Crippen LogP contribution is 2.40. The molecular formula is C23H34F2N2O. The van der Waals surface area contributed by atoms with Crippen LogP contribution < -0.4 is 15.4 Å². The molecule has 1 aromatic carbocycles. The molecule has 1 fully saturated rings. The minimum atomic E-state index is -0.494. The van der Waals surface area contributed by atoms with E-state index < -0.39 is 11.6 Å². The average molecular weight is 393 g/mol. The molecule has 0 aromatic heterocycles. The Labute approximate surface area is 167 Å². The van der Waals surface area contributed by atoms with Crippen molar-refractivity contribution in [2.45, 2.75) is 84.9 Å². The second kappa shape index (κ2) is 8.30. The fourth-order valence-electron chi connectivity index (χ4n) is 4.81. The van der Waals surface area contributed by atoms with E-state index in [4.69, 9.17) is 4.74 Å². The molecule has 2 N–H and O–H groups in total. The Kier molecular flexibility index (Phi) is 6.21. The first-order valence-corrected chi connectivity index (χ1v) is 10.5. The van der Waals surface area contributed by atoms with E-state index in [0.29, 0.717) is 17.5 Å². The molecule has 0 amide bonds. The van der Waals surface area contributed by atoms with Gasteiger partial charge < -0.3 is 15.4 Å². The SMILES string of the molecule is CCC1CC(N[C@@H](C)c2cc(F)c(OC3CC(C)CC(C)(C)C3)cc2F)=CN1. The highest BCUT2D eigenvalue weighted by molar-refractivity contribution is 5.33. The Bertz CT molecular complexity index is 732. The first kappa shape index (κ1) is 20.9. The molecule has 0 spiro atoms. The van der Waals surface area contributed by atoms with Crippen LogP contribution >= 0.6 is 0 Å². The molecule has 1 aliphatic carbocycles. The van der Waals surface area contributed by atoms with Crippen LogP contribution in [-0.2, 0) is 0 Å². The van der Waals surface area contributed by atoms with Crippen molar-refractivity contribution in [2.75, 3.05) is 0 Å². The van der Waals surface area contributed by atoms with Crippen LogP contribution in [0.3, 0.4) is 0 Å². The second-order valence-electron chi connectivity index (χ2n) is 9.47. The van der Waals surface area contributed by atoms with Gasteiger partial charge in [0.15, 0.2) is 11.6 Å². The topological polar surface area (TPSA) is 33.3 Å². The summed E-state index contributed by atoms with van der Waals surface area (Å²) in [6.45, 7) is 10.6. The number of nitrogens with one attached hydrogen (secondary N) is 2. The highest BCUT2D eigenvalue weighted by atomic mass is 19.1. The summed E-state index contributed by atoms with van der Waals surface area (Å²) in [5, 5.41) is 6.59. The Balaban J connectivity index is 1.69. The van der Waals surface area contributed by atoms with Gasteiger partial charge in [-0.25, -0.2) is 8.78 Å². The van der Waals surface area contributed by atoms with Crippen molar-refractivity contribution in [1.82, 2.24) is 10.6 Å². The number of benzene rings is 1. The molecule has 0 bridgehead atoms. The molecule has 3 unspecified atom stereocenters. The summed E-state index contributed by atoms with van der Waals surface area (Å²) < 4.78 is 35.4. The number of ether oxygens (including phenoxy) is 1. The molecule has 1 aliphatic heterocycles. The first-order chi connectivity index (χ1) is 13.2. The quantitative estimate of drug-likeness (QED) is 0.640. The van der Waals surface area contributed by atoms with Crippen LogP contribution in [-0.4, -0.2) is 12.1 Å². The van der Waals surface area contributed by atoms with Crippen molar-refractivity contribution in [2.24, 2.45) is 11.3 Å². The van der Waals surface area contributed by atoms with Crippen molar-refractivity contribution in [3.63, 3.8) is 0 Å². The summed E-state index contributed by atoms with van der Waals surface area (Å²) in [6.07, 6.45) is 6.64. The van der Waals surface area contributed by atoms with Gasteiger partial charge in [0, 0.05) is 36.0 Å². The van der Waals surface area contributed by atoms with E-state index in [1.54, 1.807) is 0 Å². The Morgan fingerprint density at radius 1 is 1.25 bits per heavy atom. The van der Waals surface area contributed by atoms with Crippen molar-refractivity contribution < 1.29 is 13.5 Å². The maximum absolute atomic E-state index is 14.8. The summed E-state index contributed by atoms with van der Waals surface area (Å²) >= 11 is 0. The fourth-order valence-corrected chi connectivity index (χ4v) is 4.81. The molecular weight excluding hydrogens is 358 g/mol. The monoisotopic (exact) mass is 392 g/mol. The highest BCUT2D eigenvalue weighted by Gasteiger charge is 2.33. The smallest absolute Gasteiger partial charge is 0.165 e. The van der Waals surface area contributed by atoms with Crippen LogP contribution in [0.5, 0.6) is 5.75 Å². The standard InChI is InChI=1S/C23H34F2N2O/c1-6-16-8-17(13-26-16)27-15(3)19-9-21(25)22(10-20(19)24)28-18-7-14(2)11-23(4,5)12-18/h9-10,13-16,18,26-27H,6-8,11-12H2,1-5H3/t14?,15-,16?,18?/m0/s1. The summed E-state index contributed by atoms with van der Waals surface area (Å²) in [5.74, 6) is -0.384. The van der Waals surface area contributed by atoms with E-state index in [2.05, 4.69) is 38.3 Å². The lowest BCUT2D eigenvalue weighted by Crippen LogP contribution is -2.34. The first-order valence-electron chi connectivity index (χ1n) is 10.5. The van der Waals surface area contributed by atoms with Crippen LogP contribution in [0.15, 0.2) is 24.0 Å². The van der Waals surface area contributed by atoms with E-state index >= 15 is 0 Å². The van der Waals surface area contributed by atoms with Gasteiger partial charge in [0.2, 0.25) is 0 Å². The van der Waals surface area contributed by atoms with Gasteiger partial charge in [0.25, 0.3) is 0 Å². The fraction of sp³-hybridized carbons (Fsp3) is 0.652. The minimum absolute atomic E-state index is 0.0242. The summed E-state index contributed by atoms with van der Waals surface area (Å²) in [6, 6.07) is 2.58. The van der Waals surface area contributed by atoms with Crippen molar-refractivity contribution in [1.29, 1.82) is 0 Å². The Morgan fingerprint density at radius 2 is 2.00 bits per heavy atom. The predicted octanol–water partition coefficient (Wildman–Crippen LogP) is 5.82. The third-order valence-corrected chi connectivity index (χ3v) is 6.01. The van der Waals surface area contributed by atoms with Crippen molar-refractivity contribution >= 4 is 0 Å². The summed E-state index contributed by atoms with van der Waals surface area (Å²) in [4.78, 5) is 0. The Hall–Kier alpha value is -1.78. The third kappa shape index (κ3) is 4.98. The maximum atomic E-state index is 14.8. The number of halogens is 2. The largest absolute Gasteiger partial charge is 0.487 e. The Morgan fingerprint density at radius 3 is 2.64 bits per heavy atom. The van der Waals surface area contributed by atoms with Gasteiger partial charge >= 0.3 is 0 Å². The number of hydrogen-bond acceptors (Lipinski definition) is 3. The molecule has 4 atom stereocenters. The molecule has 1 aromatic rings. The second-order valence-corrected chi connectivity index (χ2v) is 9.47. The molecule has 0 radical (unpaired) electrons. The normalized spacial score (nSPS) is 27.7. The molecule has 3 rings (SSSR count). The molecule has 1 heterocycles. The number of rotatable bonds is 6. The van der Waals surface area contributed by atoms with Crippen LogP contribution in [0.1, 0.15) is 78.3 Å². The number of hydrogen-bond donors (Lipinski definition) is 2. The van der Waals surface area contributed by atoms with E-state index in [-0.39, 0.29) is 23.3 Å². The van der Waals surface area contributed by atoms with Gasteiger partial charge in [-0.2, -0.15) is 0 Å². The third-order valence-electron chi connectivity index (χ3n) is 6.01. The van der Waals surface area contributed by atoms with Gasteiger partial charge in [0.05, 0.1) is 12.1 Å². The lowest BCUT2D eigenvalue weighted by molar-refractivity contribution is 0.0533. The molecule has 3 nitrogen and oxygen atoms in total. The molecule has 1 saturated carbocycles. The van der Waals surface area contributed by atoms with Gasteiger partial charge in [0.1, 0.15) is 5.82 Å². The zero-order chi connectivity index (χ0) is 20.5. The predicted molar refractivity (Wildman–Crippen MR) is 109 cm³/mol. The van der Waals surface area contributed by atoms with Crippen LogP contribution in [0.4, 0.5) is 8.78 Å². The van der Waals surface area contributed by atoms with Gasteiger partial charge in [-0.1, -0.05) is 27.7 Å². The van der Waals surface area contributed by atoms with E-state index in [1.165, 1.54) is 12.1 Å². The average Bonchev–Trinajstić information content (AvgIpc) is 3.03. The maximum Gasteiger partial charge on any atom is 0.165 e. The van der Waals surface area contributed by atoms with Crippen LogP contribution in [0.25, 0.3) is 0 Å². The summed E-state index contributed by atoms with van der Waals surface area (Å²) in [7, 11) is 0. The lowest BCUT2D eigenvalue weighted by Gasteiger charge is -2.38. The van der Waals surface area contributed by atoms with Gasteiger partial charge in [-0.3, -0.25) is 0 Å². The molecule has 28 heavy (non-hydrogen) atoms. The van der Waals surface area contributed by atoms with E-state index in [9.17, 15) is 8.78 Å². The minimum Gasteiger partial charge on any atom is -0.487 e. The lowest BCUT2D eigenvalue weighted by atomic mass is 9.71. The van der Waals surface area contributed by atoms with Crippen molar-refractivity contribution in [3.05, 3.63) is 41.2 Å². The van der Waals surface area contributed by atoms with Crippen molar-refractivity contribution in [3.8, 4) is 5.75 Å². The van der Waals surface area contributed by atoms with Crippen LogP contribution in [0, 0.1) is 23.0 Å². The molecule has 2 aliphatic rings. The van der Waals surface area contributed by atoms with Gasteiger partial charge in [-0.05, 0) is 50.0 Å². The molecule has 5 heteroatoms. The van der Waals surface area contributed by atoms with E-state index in [1.807, 2.05) is 13.1 Å². The van der Waals surface area contributed by atoms with Crippen LogP contribution in [0.2, 0.25) is 0 Å². The molecule has 0 saturated heterocycles. The zero-order valence-electron chi connectivity index (χ0n) is 17.7. The summed E-state index contributed by atoms with van der Waals surface area (Å²) in [5.41, 5.74) is 1.51. The van der Waals surface area contributed by atoms with Gasteiger partial charge in [-0.15, -0.1) is 0 Å². The zero-order valence-corrected chi connectivity index (χ0v) is 17.7. The van der Waals surface area contributed by atoms with E-state index in [0.717, 1.165) is 37.8 Å². The molecule has 156 valence electrons.